The molecule has 5 N–H and O–H groups in total. The lowest BCUT2D eigenvalue weighted by Gasteiger charge is -2.10. The molecule has 4 rings (SSSR count). The molecule has 1 fully saturated rings. The van der Waals surface area contributed by atoms with Crippen LogP contribution in [0.4, 0.5) is 17.5 Å². The number of anilines is 3. The molecule has 0 saturated heterocycles. The monoisotopic (exact) mass is 362 g/mol. The van der Waals surface area contributed by atoms with Crippen LogP contribution in [0, 0.1) is 18.8 Å². The van der Waals surface area contributed by atoms with Crippen molar-refractivity contribution in [2.75, 3.05) is 16.8 Å². The Hall–Kier alpha value is -3.22. The summed E-state index contributed by atoms with van der Waals surface area (Å²) in [6.07, 6.45) is 5.33. The van der Waals surface area contributed by atoms with E-state index >= 15 is 0 Å². The van der Waals surface area contributed by atoms with Crippen molar-refractivity contribution < 1.29 is 4.79 Å². The summed E-state index contributed by atoms with van der Waals surface area (Å²) in [4.78, 5) is 25.3. The van der Waals surface area contributed by atoms with Crippen molar-refractivity contribution >= 4 is 34.1 Å². The van der Waals surface area contributed by atoms with E-state index in [1.165, 1.54) is 0 Å². The van der Waals surface area contributed by atoms with Gasteiger partial charge in [-0.1, -0.05) is 13.3 Å². The van der Waals surface area contributed by atoms with Crippen molar-refractivity contribution in [3.8, 4) is 11.3 Å². The Bertz CT molecular complexity index is 1050. The van der Waals surface area contributed by atoms with E-state index in [1.54, 1.807) is 18.5 Å². The van der Waals surface area contributed by atoms with Crippen LogP contribution in [0.2, 0.25) is 0 Å². The number of pyridine rings is 3. The predicted molar refractivity (Wildman–Crippen MR) is 107 cm³/mol. The van der Waals surface area contributed by atoms with Gasteiger partial charge in [-0.05, 0) is 48.4 Å². The SMILES string of the molecule is CC[C@H]1C[C@H]1C(=O)Nc1cc2cc(-c3cnc(N)cc3C)nc(N)c2cn1. The fraction of sp³-hybridized carbons (Fsp3) is 0.300. The molecular weight excluding hydrogens is 340 g/mol. The molecule has 1 aliphatic carbocycles. The molecule has 0 bridgehead atoms. The lowest BCUT2D eigenvalue weighted by atomic mass is 10.1. The normalized spacial score (nSPS) is 18.4. The Kier molecular flexibility index (Phi) is 4.14. The summed E-state index contributed by atoms with van der Waals surface area (Å²) in [5.41, 5.74) is 14.4. The van der Waals surface area contributed by atoms with Crippen LogP contribution in [0.1, 0.15) is 25.3 Å². The first-order valence-corrected chi connectivity index (χ1v) is 9.06. The minimum atomic E-state index is 0.0366. The van der Waals surface area contributed by atoms with Crippen LogP contribution < -0.4 is 16.8 Å². The van der Waals surface area contributed by atoms with E-state index < -0.39 is 0 Å². The Morgan fingerprint density at radius 1 is 1.22 bits per heavy atom. The van der Waals surface area contributed by atoms with E-state index in [0.29, 0.717) is 29.1 Å². The fourth-order valence-corrected chi connectivity index (χ4v) is 3.46. The maximum Gasteiger partial charge on any atom is 0.228 e. The highest BCUT2D eigenvalue weighted by molar-refractivity contribution is 5.98. The topological polar surface area (TPSA) is 120 Å². The van der Waals surface area contributed by atoms with Gasteiger partial charge in [0.05, 0.1) is 5.69 Å². The number of nitrogens with zero attached hydrogens (tertiary/aromatic N) is 3. The molecule has 0 radical (unpaired) electrons. The van der Waals surface area contributed by atoms with Crippen LogP contribution in [0.15, 0.2) is 30.6 Å². The minimum Gasteiger partial charge on any atom is -0.384 e. The number of amides is 1. The molecule has 1 aliphatic rings. The highest BCUT2D eigenvalue weighted by Crippen LogP contribution is 2.41. The third kappa shape index (κ3) is 3.28. The van der Waals surface area contributed by atoms with Gasteiger partial charge in [-0.15, -0.1) is 0 Å². The lowest BCUT2D eigenvalue weighted by Crippen LogP contribution is -2.15. The Balaban J connectivity index is 1.69. The van der Waals surface area contributed by atoms with Gasteiger partial charge in [0.15, 0.2) is 0 Å². The van der Waals surface area contributed by atoms with Crippen LogP contribution in [0.25, 0.3) is 22.0 Å². The summed E-state index contributed by atoms with van der Waals surface area (Å²) in [6.45, 7) is 4.06. The van der Waals surface area contributed by atoms with Gasteiger partial charge in [0.1, 0.15) is 17.5 Å². The van der Waals surface area contributed by atoms with Crippen molar-refractivity contribution in [2.45, 2.75) is 26.7 Å². The maximum absolute atomic E-state index is 12.3. The number of nitrogens with two attached hydrogens (primary N) is 2. The number of aryl methyl sites for hydroxylation is 1. The van der Waals surface area contributed by atoms with Crippen LogP contribution in [-0.4, -0.2) is 20.9 Å². The molecule has 1 saturated carbocycles. The minimum absolute atomic E-state index is 0.0366. The summed E-state index contributed by atoms with van der Waals surface area (Å²) < 4.78 is 0. The standard InChI is InChI=1S/C20H22N6O/c1-3-11-5-13(11)20(27)26-18-7-12-6-16(25-19(22)15(12)9-24-18)14-8-23-17(21)4-10(14)2/h4,6-9,11,13H,3,5H2,1-2H3,(H2,21,23)(H2,22,25)(H,24,26,27)/t11-,13+/m0/s1. The number of rotatable bonds is 4. The predicted octanol–water partition coefficient (Wildman–Crippen LogP) is 3.15. The Labute approximate surface area is 157 Å². The van der Waals surface area contributed by atoms with Crippen molar-refractivity contribution in [1.82, 2.24) is 15.0 Å². The summed E-state index contributed by atoms with van der Waals surface area (Å²) in [6, 6.07) is 5.56. The Morgan fingerprint density at radius 3 is 2.74 bits per heavy atom. The number of aromatic nitrogens is 3. The first kappa shape index (κ1) is 17.2. The molecule has 3 aromatic heterocycles. The fourth-order valence-electron chi connectivity index (χ4n) is 3.46. The zero-order chi connectivity index (χ0) is 19.1. The average molecular weight is 362 g/mol. The van der Waals surface area contributed by atoms with Crippen molar-refractivity contribution in [1.29, 1.82) is 0 Å². The largest absolute Gasteiger partial charge is 0.384 e. The first-order chi connectivity index (χ1) is 13.0. The van der Waals surface area contributed by atoms with Gasteiger partial charge in [0.25, 0.3) is 0 Å². The van der Waals surface area contributed by atoms with Crippen LogP contribution in [-0.2, 0) is 4.79 Å². The quantitative estimate of drug-likeness (QED) is 0.656. The smallest absolute Gasteiger partial charge is 0.228 e. The van der Waals surface area contributed by atoms with Gasteiger partial charge in [0.2, 0.25) is 5.91 Å². The van der Waals surface area contributed by atoms with E-state index in [0.717, 1.165) is 34.7 Å². The van der Waals surface area contributed by atoms with Crippen molar-refractivity contribution in [3.63, 3.8) is 0 Å². The molecule has 0 spiro atoms. The number of nitrogens with one attached hydrogen (secondary N) is 1. The summed E-state index contributed by atoms with van der Waals surface area (Å²) in [7, 11) is 0. The van der Waals surface area contributed by atoms with Gasteiger partial charge < -0.3 is 16.8 Å². The van der Waals surface area contributed by atoms with E-state index in [-0.39, 0.29) is 11.8 Å². The lowest BCUT2D eigenvalue weighted by molar-refractivity contribution is -0.117. The molecule has 7 nitrogen and oxygen atoms in total. The molecular formula is C20H22N6O. The zero-order valence-electron chi connectivity index (χ0n) is 15.4. The van der Waals surface area contributed by atoms with E-state index in [1.807, 2.05) is 19.1 Å². The van der Waals surface area contributed by atoms with Crippen molar-refractivity contribution in [3.05, 3.63) is 36.2 Å². The summed E-state index contributed by atoms with van der Waals surface area (Å²) in [5.74, 6) is 2.02. The summed E-state index contributed by atoms with van der Waals surface area (Å²) in [5, 5.41) is 4.53. The second kappa shape index (κ2) is 6.50. The highest BCUT2D eigenvalue weighted by Gasteiger charge is 2.41. The van der Waals surface area contributed by atoms with Crippen LogP contribution in [0.5, 0.6) is 0 Å². The molecule has 27 heavy (non-hydrogen) atoms. The zero-order valence-corrected chi connectivity index (χ0v) is 15.4. The highest BCUT2D eigenvalue weighted by atomic mass is 16.2. The van der Waals surface area contributed by atoms with Gasteiger partial charge in [0, 0.05) is 29.3 Å². The van der Waals surface area contributed by atoms with Gasteiger partial charge in [-0.3, -0.25) is 4.79 Å². The average Bonchev–Trinajstić information content (AvgIpc) is 3.41. The third-order valence-electron chi connectivity index (χ3n) is 5.19. The number of hydrogen-bond donors (Lipinski definition) is 3. The molecule has 2 atom stereocenters. The third-order valence-corrected chi connectivity index (χ3v) is 5.19. The van der Waals surface area contributed by atoms with Crippen LogP contribution >= 0.6 is 0 Å². The number of fused-ring (bicyclic) bond motifs is 1. The van der Waals surface area contributed by atoms with E-state index in [9.17, 15) is 4.79 Å². The molecule has 0 unspecified atom stereocenters. The first-order valence-electron chi connectivity index (χ1n) is 9.06. The van der Waals surface area contributed by atoms with E-state index in [2.05, 4.69) is 27.2 Å². The molecule has 0 aromatic carbocycles. The molecule has 3 heterocycles. The maximum atomic E-state index is 12.3. The molecule has 3 aromatic rings. The number of carbonyl (C=O) groups excluding carboxylic acids is 1. The second-order valence-corrected chi connectivity index (χ2v) is 7.11. The van der Waals surface area contributed by atoms with Gasteiger partial charge in [-0.2, -0.15) is 0 Å². The van der Waals surface area contributed by atoms with Crippen LogP contribution in [0.3, 0.4) is 0 Å². The van der Waals surface area contributed by atoms with Crippen molar-refractivity contribution in [2.24, 2.45) is 11.8 Å². The molecule has 7 heteroatoms. The van der Waals surface area contributed by atoms with Gasteiger partial charge >= 0.3 is 0 Å². The second-order valence-electron chi connectivity index (χ2n) is 7.11. The number of nitrogen functional groups attached to an aromatic ring is 2. The molecule has 1 amide bonds. The van der Waals surface area contributed by atoms with E-state index in [4.69, 9.17) is 11.5 Å². The molecule has 0 aliphatic heterocycles. The number of hydrogen-bond acceptors (Lipinski definition) is 6. The number of carbonyl (C=O) groups is 1. The Morgan fingerprint density at radius 2 is 2.04 bits per heavy atom. The summed E-state index contributed by atoms with van der Waals surface area (Å²) >= 11 is 0. The molecule has 138 valence electrons. The van der Waals surface area contributed by atoms with Gasteiger partial charge in [-0.25, -0.2) is 15.0 Å².